The van der Waals surface area contributed by atoms with E-state index in [4.69, 9.17) is 5.73 Å². The van der Waals surface area contributed by atoms with Crippen LogP contribution in [0.2, 0.25) is 0 Å². The Balaban J connectivity index is 2.01. The van der Waals surface area contributed by atoms with Gasteiger partial charge < -0.3 is 10.8 Å². The minimum absolute atomic E-state index is 0.437. The van der Waals surface area contributed by atoms with Crippen molar-refractivity contribution in [2.24, 2.45) is 5.73 Å². The zero-order valence-corrected chi connectivity index (χ0v) is 11.5. The number of anilines is 1. The largest absolute Gasteiger partial charge is 0.465 e. The van der Waals surface area contributed by atoms with Gasteiger partial charge in [-0.1, -0.05) is 0 Å². The summed E-state index contributed by atoms with van der Waals surface area (Å²) >= 11 is 0. The number of hydrogen-bond acceptors (Lipinski definition) is 4. The van der Waals surface area contributed by atoms with Crippen molar-refractivity contribution in [2.45, 2.75) is 19.4 Å². The van der Waals surface area contributed by atoms with Gasteiger partial charge in [-0.3, -0.25) is 9.88 Å². The second-order valence-corrected chi connectivity index (χ2v) is 5.03. The normalized spacial score (nSPS) is 13.9. The summed E-state index contributed by atoms with van der Waals surface area (Å²) in [5.74, 6) is 0.542. The van der Waals surface area contributed by atoms with E-state index in [9.17, 15) is 9.90 Å². The van der Waals surface area contributed by atoms with E-state index < -0.39 is 6.09 Å². The first-order chi connectivity index (χ1) is 10.2. The molecule has 0 unspecified atom stereocenters. The van der Waals surface area contributed by atoms with Gasteiger partial charge in [0.25, 0.3) is 0 Å². The van der Waals surface area contributed by atoms with Crippen LogP contribution in [0.5, 0.6) is 0 Å². The van der Waals surface area contributed by atoms with Crippen molar-refractivity contribution < 1.29 is 9.90 Å². The van der Waals surface area contributed by atoms with E-state index in [1.807, 2.05) is 12.1 Å². The lowest BCUT2D eigenvalue weighted by molar-refractivity contribution is 0.201. The summed E-state index contributed by atoms with van der Waals surface area (Å²) in [6.07, 6.45) is 5.89. The van der Waals surface area contributed by atoms with Gasteiger partial charge in [0.2, 0.25) is 0 Å². The Hall–Kier alpha value is -2.47. The van der Waals surface area contributed by atoms with E-state index in [1.54, 1.807) is 18.6 Å². The number of carboxylic acid groups (broad SMARTS) is 1. The number of carbonyl (C=O) groups is 1. The number of fused-ring (bicyclic) bond motifs is 1. The van der Waals surface area contributed by atoms with E-state index in [1.165, 1.54) is 4.90 Å². The van der Waals surface area contributed by atoms with Gasteiger partial charge in [0.15, 0.2) is 0 Å². The van der Waals surface area contributed by atoms with Crippen LogP contribution in [0.4, 0.5) is 10.6 Å². The molecule has 0 fully saturated rings. The monoisotopic (exact) mass is 284 g/mol. The molecule has 0 saturated heterocycles. The van der Waals surface area contributed by atoms with Crippen molar-refractivity contribution in [2.75, 3.05) is 11.4 Å². The van der Waals surface area contributed by atoms with Crippen LogP contribution < -0.4 is 10.6 Å². The summed E-state index contributed by atoms with van der Waals surface area (Å²) in [6.45, 7) is 0.935. The number of rotatable bonds is 2. The highest BCUT2D eigenvalue weighted by atomic mass is 16.4. The van der Waals surface area contributed by atoms with E-state index >= 15 is 0 Å². The maximum Gasteiger partial charge on any atom is 0.413 e. The number of hydrogen-bond donors (Lipinski definition) is 2. The predicted octanol–water partition coefficient (Wildman–Crippen LogP) is 2.03. The second kappa shape index (κ2) is 5.49. The van der Waals surface area contributed by atoms with Gasteiger partial charge in [0, 0.05) is 42.8 Å². The summed E-state index contributed by atoms with van der Waals surface area (Å²) in [6, 6.07) is 3.98. The van der Waals surface area contributed by atoms with Crippen molar-refractivity contribution in [3.63, 3.8) is 0 Å². The van der Waals surface area contributed by atoms with E-state index in [0.29, 0.717) is 18.9 Å². The summed E-state index contributed by atoms with van der Waals surface area (Å²) in [7, 11) is 0. The zero-order valence-electron chi connectivity index (χ0n) is 11.5. The average Bonchev–Trinajstić information content (AvgIpc) is 2.53. The van der Waals surface area contributed by atoms with E-state index in [-0.39, 0.29) is 0 Å². The van der Waals surface area contributed by atoms with Gasteiger partial charge in [-0.05, 0) is 36.1 Å². The molecule has 6 nitrogen and oxygen atoms in total. The molecule has 0 aliphatic carbocycles. The molecule has 3 N–H and O–H groups in total. The number of aromatic nitrogens is 2. The van der Waals surface area contributed by atoms with Crippen molar-refractivity contribution >= 4 is 11.9 Å². The highest BCUT2D eigenvalue weighted by Crippen LogP contribution is 2.29. The first-order valence-electron chi connectivity index (χ1n) is 6.83. The van der Waals surface area contributed by atoms with Gasteiger partial charge in [-0.25, -0.2) is 9.78 Å². The van der Waals surface area contributed by atoms with E-state index in [2.05, 4.69) is 9.97 Å². The fourth-order valence-electron chi connectivity index (χ4n) is 2.56. The molecule has 0 radical (unpaired) electrons. The molecule has 6 heteroatoms. The maximum atomic E-state index is 11.2. The number of amides is 1. The molecule has 0 saturated carbocycles. The van der Waals surface area contributed by atoms with Crippen LogP contribution in [0.1, 0.15) is 17.5 Å². The van der Waals surface area contributed by atoms with Crippen molar-refractivity contribution in [1.82, 2.24) is 9.97 Å². The third kappa shape index (κ3) is 2.57. The molecule has 3 rings (SSSR count). The molecule has 1 amide bonds. The molecule has 1 aliphatic heterocycles. The molecule has 0 aromatic carbocycles. The van der Waals surface area contributed by atoms with Crippen LogP contribution in [0.15, 0.2) is 30.7 Å². The number of nitrogens with zero attached hydrogens (tertiary/aromatic N) is 3. The number of nitrogens with two attached hydrogens (primary N) is 1. The van der Waals surface area contributed by atoms with Crippen LogP contribution in [-0.4, -0.2) is 27.7 Å². The van der Waals surface area contributed by atoms with Crippen molar-refractivity contribution in [3.8, 4) is 11.1 Å². The molecule has 21 heavy (non-hydrogen) atoms. The van der Waals surface area contributed by atoms with E-state index in [0.717, 1.165) is 35.1 Å². The Kier molecular flexibility index (Phi) is 3.53. The lowest BCUT2D eigenvalue weighted by Crippen LogP contribution is -2.34. The van der Waals surface area contributed by atoms with Crippen LogP contribution in [-0.2, 0) is 13.0 Å². The van der Waals surface area contributed by atoms with Crippen molar-refractivity contribution in [3.05, 3.63) is 41.9 Å². The Morgan fingerprint density at radius 3 is 2.86 bits per heavy atom. The molecule has 2 aromatic rings. The first kappa shape index (κ1) is 13.5. The van der Waals surface area contributed by atoms with Crippen LogP contribution in [0.3, 0.4) is 0 Å². The highest BCUT2D eigenvalue weighted by Gasteiger charge is 2.23. The van der Waals surface area contributed by atoms with Gasteiger partial charge in [-0.15, -0.1) is 0 Å². The molecule has 0 atom stereocenters. The second-order valence-electron chi connectivity index (χ2n) is 5.03. The smallest absolute Gasteiger partial charge is 0.413 e. The standard InChI is InChI=1S/C15H16N4O2/c16-6-10-4-12(8-17-7-10)13-5-11-2-1-3-19(15(20)21)14(11)18-9-13/h4-5,7-9H,1-3,6,16H2,(H,20,21). The molecule has 3 heterocycles. The van der Waals surface area contributed by atoms with Gasteiger partial charge in [0.05, 0.1) is 0 Å². The Labute approximate surface area is 122 Å². The molecular formula is C15H16N4O2. The molecule has 0 bridgehead atoms. The van der Waals surface area contributed by atoms with Gasteiger partial charge >= 0.3 is 6.09 Å². The van der Waals surface area contributed by atoms with Gasteiger partial charge in [-0.2, -0.15) is 0 Å². The minimum atomic E-state index is -0.956. The molecular weight excluding hydrogens is 268 g/mol. The van der Waals surface area contributed by atoms with Crippen molar-refractivity contribution in [1.29, 1.82) is 0 Å². The topological polar surface area (TPSA) is 92.3 Å². The SMILES string of the molecule is NCc1cncc(-c2cnc3c(c2)CCCN3C(=O)O)c1. The summed E-state index contributed by atoms with van der Waals surface area (Å²) in [4.78, 5) is 21.0. The summed E-state index contributed by atoms with van der Waals surface area (Å²) < 4.78 is 0. The van der Waals surface area contributed by atoms with Crippen LogP contribution in [0.25, 0.3) is 11.1 Å². The van der Waals surface area contributed by atoms with Gasteiger partial charge in [0.1, 0.15) is 5.82 Å². The average molecular weight is 284 g/mol. The minimum Gasteiger partial charge on any atom is -0.465 e. The van der Waals surface area contributed by atoms with Crippen LogP contribution >= 0.6 is 0 Å². The molecule has 1 aliphatic rings. The lowest BCUT2D eigenvalue weighted by atomic mass is 10.0. The molecule has 0 spiro atoms. The maximum absolute atomic E-state index is 11.2. The Morgan fingerprint density at radius 2 is 2.10 bits per heavy atom. The first-order valence-corrected chi connectivity index (χ1v) is 6.83. The zero-order chi connectivity index (χ0) is 14.8. The summed E-state index contributed by atoms with van der Waals surface area (Å²) in [5, 5.41) is 9.20. The highest BCUT2D eigenvalue weighted by molar-refractivity contribution is 5.86. The fraction of sp³-hybridized carbons (Fsp3) is 0.267. The summed E-state index contributed by atoms with van der Waals surface area (Å²) in [5.41, 5.74) is 9.42. The number of pyridine rings is 2. The molecule has 108 valence electrons. The Bertz CT molecular complexity index is 687. The Morgan fingerprint density at radius 1 is 1.29 bits per heavy atom. The number of aryl methyl sites for hydroxylation is 1. The third-order valence-corrected chi connectivity index (χ3v) is 3.62. The van der Waals surface area contributed by atoms with Crippen LogP contribution in [0, 0.1) is 0 Å². The third-order valence-electron chi connectivity index (χ3n) is 3.62. The lowest BCUT2D eigenvalue weighted by Gasteiger charge is -2.26. The molecule has 2 aromatic heterocycles. The predicted molar refractivity (Wildman–Crippen MR) is 79.1 cm³/mol. The fourth-order valence-corrected chi connectivity index (χ4v) is 2.56. The quantitative estimate of drug-likeness (QED) is 0.880.